The van der Waals surface area contributed by atoms with E-state index in [-0.39, 0.29) is 0 Å². The molecule has 1 aromatic heterocycles. The quantitative estimate of drug-likeness (QED) is 0.787. The second kappa shape index (κ2) is 3.80. The lowest BCUT2D eigenvalue weighted by Crippen LogP contribution is -2.20. The molecule has 0 atom stereocenters. The molecule has 2 aromatic rings. The van der Waals surface area contributed by atoms with Gasteiger partial charge in [0.15, 0.2) is 0 Å². The molecular weight excluding hydrogens is 198 g/mol. The maximum Gasteiger partial charge on any atom is 0.135 e. The van der Waals surface area contributed by atoms with Crippen LogP contribution in [0, 0.1) is 6.92 Å². The van der Waals surface area contributed by atoms with E-state index in [1.54, 1.807) is 0 Å². The number of para-hydroxylation sites is 1. The van der Waals surface area contributed by atoms with Gasteiger partial charge in [-0.15, -0.1) is 0 Å². The van der Waals surface area contributed by atoms with Crippen LogP contribution in [0.15, 0.2) is 34.8 Å². The van der Waals surface area contributed by atoms with E-state index in [1.165, 1.54) is 16.5 Å². The summed E-state index contributed by atoms with van der Waals surface area (Å²) >= 11 is 0. The van der Waals surface area contributed by atoms with Crippen LogP contribution in [0.1, 0.15) is 17.7 Å². The first-order valence-electron chi connectivity index (χ1n) is 5.74. The van der Waals surface area contributed by atoms with Gasteiger partial charge >= 0.3 is 0 Å². The Morgan fingerprint density at radius 2 is 2.12 bits per heavy atom. The van der Waals surface area contributed by atoms with Gasteiger partial charge in [-0.3, -0.25) is 0 Å². The zero-order chi connectivity index (χ0) is 11.0. The monoisotopic (exact) mass is 213 g/mol. The molecule has 0 amide bonds. The van der Waals surface area contributed by atoms with Crippen molar-refractivity contribution >= 4 is 16.5 Å². The first-order chi connectivity index (χ1) is 7.86. The SMILES string of the molecule is Cc1c(C2=CCNCC2)oc2ccccc12. The fraction of sp³-hybridized carbons (Fsp3) is 0.286. The van der Waals surface area contributed by atoms with Crippen LogP contribution in [0.5, 0.6) is 0 Å². The number of furan rings is 1. The summed E-state index contributed by atoms with van der Waals surface area (Å²) < 4.78 is 5.94. The summed E-state index contributed by atoms with van der Waals surface area (Å²) in [5.41, 5.74) is 3.60. The van der Waals surface area contributed by atoms with E-state index in [2.05, 4.69) is 30.4 Å². The number of benzene rings is 1. The van der Waals surface area contributed by atoms with Crippen molar-refractivity contribution in [1.29, 1.82) is 0 Å². The third kappa shape index (κ3) is 1.46. The molecule has 16 heavy (non-hydrogen) atoms. The third-order valence-electron chi connectivity index (χ3n) is 3.20. The van der Waals surface area contributed by atoms with Crippen molar-refractivity contribution in [2.45, 2.75) is 13.3 Å². The molecule has 2 heteroatoms. The van der Waals surface area contributed by atoms with Crippen molar-refractivity contribution in [3.63, 3.8) is 0 Å². The molecule has 0 radical (unpaired) electrons. The molecule has 0 fully saturated rings. The Bertz CT molecular complexity index is 551. The molecule has 0 unspecified atom stereocenters. The summed E-state index contributed by atoms with van der Waals surface area (Å²) in [7, 11) is 0. The average molecular weight is 213 g/mol. The van der Waals surface area contributed by atoms with E-state index in [0.717, 1.165) is 30.9 Å². The number of rotatable bonds is 1. The molecule has 0 aliphatic carbocycles. The highest BCUT2D eigenvalue weighted by Gasteiger charge is 2.15. The zero-order valence-corrected chi connectivity index (χ0v) is 9.42. The van der Waals surface area contributed by atoms with Gasteiger partial charge in [0, 0.05) is 17.5 Å². The number of fused-ring (bicyclic) bond motifs is 1. The molecule has 1 aromatic carbocycles. The molecule has 2 heterocycles. The Balaban J connectivity index is 2.16. The molecule has 2 nitrogen and oxygen atoms in total. The van der Waals surface area contributed by atoms with Crippen molar-refractivity contribution in [2.75, 3.05) is 13.1 Å². The highest BCUT2D eigenvalue weighted by Crippen LogP contribution is 2.31. The molecule has 82 valence electrons. The highest BCUT2D eigenvalue weighted by molar-refractivity contribution is 5.86. The van der Waals surface area contributed by atoms with E-state index in [0.29, 0.717) is 0 Å². The van der Waals surface area contributed by atoms with E-state index in [1.807, 2.05) is 12.1 Å². The van der Waals surface area contributed by atoms with Crippen LogP contribution in [0.25, 0.3) is 16.5 Å². The lowest BCUT2D eigenvalue weighted by atomic mass is 10.0. The average Bonchev–Trinajstić information content (AvgIpc) is 2.69. The lowest BCUT2D eigenvalue weighted by molar-refractivity contribution is 0.587. The van der Waals surface area contributed by atoms with Gasteiger partial charge in [0.25, 0.3) is 0 Å². The van der Waals surface area contributed by atoms with Gasteiger partial charge in [0.05, 0.1) is 0 Å². The van der Waals surface area contributed by atoms with E-state index >= 15 is 0 Å². The van der Waals surface area contributed by atoms with E-state index in [9.17, 15) is 0 Å². The normalized spacial score (nSPS) is 16.4. The summed E-state index contributed by atoms with van der Waals surface area (Å²) in [6, 6.07) is 8.24. The van der Waals surface area contributed by atoms with Gasteiger partial charge in [0.2, 0.25) is 0 Å². The maximum atomic E-state index is 5.94. The van der Waals surface area contributed by atoms with Crippen LogP contribution in [0.2, 0.25) is 0 Å². The van der Waals surface area contributed by atoms with Gasteiger partial charge in [-0.2, -0.15) is 0 Å². The van der Waals surface area contributed by atoms with Gasteiger partial charge in [-0.1, -0.05) is 24.3 Å². The number of hydrogen-bond acceptors (Lipinski definition) is 2. The van der Waals surface area contributed by atoms with Gasteiger partial charge < -0.3 is 9.73 Å². The van der Waals surface area contributed by atoms with Crippen molar-refractivity contribution < 1.29 is 4.42 Å². The summed E-state index contributed by atoms with van der Waals surface area (Å²) in [4.78, 5) is 0. The minimum absolute atomic E-state index is 0.950. The minimum atomic E-state index is 0.950. The van der Waals surface area contributed by atoms with Crippen LogP contribution in [-0.2, 0) is 0 Å². The second-order valence-corrected chi connectivity index (χ2v) is 4.24. The van der Waals surface area contributed by atoms with Gasteiger partial charge in [-0.25, -0.2) is 0 Å². The number of aryl methyl sites for hydroxylation is 1. The molecule has 3 rings (SSSR count). The summed E-state index contributed by atoms with van der Waals surface area (Å²) in [5, 5.41) is 4.55. The van der Waals surface area contributed by atoms with Crippen molar-refractivity contribution in [1.82, 2.24) is 5.32 Å². The Morgan fingerprint density at radius 1 is 1.25 bits per heavy atom. The van der Waals surface area contributed by atoms with E-state index in [4.69, 9.17) is 4.42 Å². The van der Waals surface area contributed by atoms with Crippen LogP contribution < -0.4 is 5.32 Å². The number of nitrogens with one attached hydrogen (secondary N) is 1. The second-order valence-electron chi connectivity index (χ2n) is 4.24. The highest BCUT2D eigenvalue weighted by atomic mass is 16.3. The fourth-order valence-corrected chi connectivity index (χ4v) is 2.31. The Hall–Kier alpha value is -1.54. The molecule has 0 spiro atoms. The van der Waals surface area contributed by atoms with Crippen molar-refractivity contribution in [3.05, 3.63) is 41.7 Å². The lowest BCUT2D eigenvalue weighted by Gasteiger charge is -2.12. The summed E-state index contributed by atoms with van der Waals surface area (Å²) in [5.74, 6) is 1.07. The molecule has 1 aliphatic rings. The van der Waals surface area contributed by atoms with Crippen molar-refractivity contribution in [3.8, 4) is 0 Å². The molecule has 0 bridgehead atoms. The summed E-state index contributed by atoms with van der Waals surface area (Å²) in [6.07, 6.45) is 3.29. The largest absolute Gasteiger partial charge is 0.456 e. The summed E-state index contributed by atoms with van der Waals surface area (Å²) in [6.45, 7) is 4.14. The topological polar surface area (TPSA) is 25.2 Å². The first kappa shape index (κ1) is 9.67. The van der Waals surface area contributed by atoms with Crippen LogP contribution in [0.4, 0.5) is 0 Å². The van der Waals surface area contributed by atoms with E-state index < -0.39 is 0 Å². The Morgan fingerprint density at radius 3 is 2.88 bits per heavy atom. The Labute approximate surface area is 95.0 Å². The van der Waals surface area contributed by atoms with Gasteiger partial charge in [0.1, 0.15) is 11.3 Å². The molecule has 1 N–H and O–H groups in total. The smallest absolute Gasteiger partial charge is 0.135 e. The molecule has 0 saturated heterocycles. The minimum Gasteiger partial charge on any atom is -0.456 e. The molecule has 0 saturated carbocycles. The third-order valence-corrected chi connectivity index (χ3v) is 3.20. The van der Waals surface area contributed by atoms with Gasteiger partial charge in [-0.05, 0) is 31.5 Å². The fourth-order valence-electron chi connectivity index (χ4n) is 2.31. The number of hydrogen-bond donors (Lipinski definition) is 1. The predicted molar refractivity (Wildman–Crippen MR) is 66.4 cm³/mol. The maximum absolute atomic E-state index is 5.94. The first-order valence-corrected chi connectivity index (χ1v) is 5.74. The van der Waals surface area contributed by atoms with Crippen LogP contribution >= 0.6 is 0 Å². The van der Waals surface area contributed by atoms with Crippen LogP contribution in [-0.4, -0.2) is 13.1 Å². The predicted octanol–water partition coefficient (Wildman–Crippen LogP) is 3.12. The Kier molecular flexibility index (Phi) is 2.29. The molecular formula is C14H15NO. The standard InChI is InChI=1S/C14H15NO/c1-10-12-4-2-3-5-13(12)16-14(10)11-6-8-15-9-7-11/h2-6,15H,7-9H2,1H3. The van der Waals surface area contributed by atoms with Crippen molar-refractivity contribution in [2.24, 2.45) is 0 Å². The van der Waals surface area contributed by atoms with Crippen LogP contribution in [0.3, 0.4) is 0 Å². The molecule has 1 aliphatic heterocycles. The zero-order valence-electron chi connectivity index (χ0n) is 9.42.